The average molecular weight is 290 g/mol. The highest BCUT2D eigenvalue weighted by Crippen LogP contribution is 2.21. The predicted octanol–water partition coefficient (Wildman–Crippen LogP) is 3.97. The fourth-order valence-corrected chi connectivity index (χ4v) is 1.43. The van der Waals surface area contributed by atoms with Gasteiger partial charge in [0.1, 0.15) is 5.75 Å². The Morgan fingerprint density at radius 1 is 1.20 bits per heavy atom. The molecule has 1 rings (SSSR count). The van der Waals surface area contributed by atoms with Gasteiger partial charge in [-0.05, 0) is 44.5 Å². The van der Waals surface area contributed by atoms with Crippen LogP contribution in [0.2, 0.25) is 0 Å². The topological polar surface area (TPSA) is 35.5 Å². The van der Waals surface area contributed by atoms with Gasteiger partial charge < -0.3 is 9.47 Å². The van der Waals surface area contributed by atoms with Gasteiger partial charge in [0.05, 0.1) is 18.3 Å². The molecule has 0 saturated carbocycles. The number of carbonyl (C=O) groups is 1. The fourth-order valence-electron chi connectivity index (χ4n) is 1.43. The van der Waals surface area contributed by atoms with Crippen molar-refractivity contribution in [1.29, 1.82) is 0 Å². The van der Waals surface area contributed by atoms with Gasteiger partial charge in [-0.2, -0.15) is 13.2 Å². The Morgan fingerprint density at radius 2 is 1.80 bits per heavy atom. The van der Waals surface area contributed by atoms with Gasteiger partial charge in [-0.25, -0.2) is 4.79 Å². The number of benzene rings is 1. The van der Waals surface area contributed by atoms with Crippen molar-refractivity contribution in [2.75, 3.05) is 6.61 Å². The standard InChI is InChI=1S/C14H17F3O3/c1-10(2)20-13(18)11-4-6-12(7-5-11)19-9-3-8-14(15,16)17/h4-7,10H,3,8-9H2,1-2H3. The lowest BCUT2D eigenvalue weighted by Crippen LogP contribution is -2.11. The maximum atomic E-state index is 11.9. The van der Waals surface area contributed by atoms with Gasteiger partial charge in [0, 0.05) is 6.42 Å². The first-order valence-corrected chi connectivity index (χ1v) is 6.28. The van der Waals surface area contributed by atoms with E-state index in [4.69, 9.17) is 9.47 Å². The third-order valence-corrected chi connectivity index (χ3v) is 2.31. The molecule has 0 aliphatic heterocycles. The van der Waals surface area contributed by atoms with E-state index in [1.54, 1.807) is 13.8 Å². The van der Waals surface area contributed by atoms with Gasteiger partial charge in [-0.15, -0.1) is 0 Å². The molecule has 0 aliphatic carbocycles. The summed E-state index contributed by atoms with van der Waals surface area (Å²) in [4.78, 5) is 11.5. The largest absolute Gasteiger partial charge is 0.494 e. The summed E-state index contributed by atoms with van der Waals surface area (Å²) in [7, 11) is 0. The van der Waals surface area contributed by atoms with Crippen LogP contribution >= 0.6 is 0 Å². The van der Waals surface area contributed by atoms with Gasteiger partial charge in [0.2, 0.25) is 0 Å². The highest BCUT2D eigenvalue weighted by Gasteiger charge is 2.26. The summed E-state index contributed by atoms with van der Waals surface area (Å²) in [6, 6.07) is 6.10. The number of hydrogen-bond donors (Lipinski definition) is 0. The number of hydrogen-bond acceptors (Lipinski definition) is 3. The van der Waals surface area contributed by atoms with E-state index < -0.39 is 18.6 Å². The Hall–Kier alpha value is -1.72. The fraction of sp³-hybridized carbons (Fsp3) is 0.500. The van der Waals surface area contributed by atoms with E-state index in [0.29, 0.717) is 11.3 Å². The molecular weight excluding hydrogens is 273 g/mol. The minimum atomic E-state index is -4.16. The summed E-state index contributed by atoms with van der Waals surface area (Å²) in [5.74, 6) is -0.0168. The van der Waals surface area contributed by atoms with Crippen LogP contribution < -0.4 is 4.74 Å². The Morgan fingerprint density at radius 3 is 2.30 bits per heavy atom. The van der Waals surface area contributed by atoms with E-state index >= 15 is 0 Å². The highest BCUT2D eigenvalue weighted by atomic mass is 19.4. The normalized spacial score (nSPS) is 11.5. The second-order valence-electron chi connectivity index (χ2n) is 4.55. The zero-order valence-corrected chi connectivity index (χ0v) is 11.4. The first-order chi connectivity index (χ1) is 9.28. The molecule has 0 N–H and O–H groups in total. The van der Waals surface area contributed by atoms with Crippen LogP contribution in [0.15, 0.2) is 24.3 Å². The lowest BCUT2D eigenvalue weighted by Gasteiger charge is -2.10. The van der Waals surface area contributed by atoms with Gasteiger partial charge >= 0.3 is 12.1 Å². The van der Waals surface area contributed by atoms with Crippen molar-refractivity contribution < 1.29 is 27.4 Å². The second kappa shape index (κ2) is 7.17. The SMILES string of the molecule is CC(C)OC(=O)c1ccc(OCCCC(F)(F)F)cc1. The van der Waals surface area contributed by atoms with E-state index in [-0.39, 0.29) is 19.1 Å². The van der Waals surface area contributed by atoms with Crippen LogP contribution in [0, 0.1) is 0 Å². The zero-order valence-electron chi connectivity index (χ0n) is 11.4. The number of carbonyl (C=O) groups excluding carboxylic acids is 1. The molecule has 0 saturated heterocycles. The molecule has 0 heterocycles. The Kier molecular flexibility index (Phi) is 5.85. The molecular formula is C14H17F3O3. The van der Waals surface area contributed by atoms with E-state index in [2.05, 4.69) is 0 Å². The quantitative estimate of drug-likeness (QED) is 0.587. The molecule has 0 amide bonds. The van der Waals surface area contributed by atoms with E-state index in [1.165, 1.54) is 24.3 Å². The smallest absolute Gasteiger partial charge is 0.389 e. The van der Waals surface area contributed by atoms with E-state index in [0.717, 1.165) is 0 Å². The molecule has 1 aromatic rings. The molecule has 112 valence electrons. The van der Waals surface area contributed by atoms with Crippen LogP contribution in [0.4, 0.5) is 13.2 Å². The Bertz CT molecular complexity index is 424. The molecule has 3 nitrogen and oxygen atoms in total. The van der Waals surface area contributed by atoms with Crippen molar-refractivity contribution in [1.82, 2.24) is 0 Å². The Balaban J connectivity index is 2.41. The van der Waals surface area contributed by atoms with Gasteiger partial charge in [0.25, 0.3) is 0 Å². The molecule has 0 unspecified atom stereocenters. The number of ether oxygens (including phenoxy) is 2. The van der Waals surface area contributed by atoms with Crippen LogP contribution in [-0.4, -0.2) is 24.9 Å². The molecule has 1 aromatic carbocycles. The molecule has 0 radical (unpaired) electrons. The lowest BCUT2D eigenvalue weighted by molar-refractivity contribution is -0.136. The summed E-state index contributed by atoms with van der Waals surface area (Å²) < 4.78 is 45.9. The first-order valence-electron chi connectivity index (χ1n) is 6.28. The molecule has 0 fully saturated rings. The van der Waals surface area contributed by atoms with Crippen molar-refractivity contribution in [3.63, 3.8) is 0 Å². The van der Waals surface area contributed by atoms with Crippen LogP contribution in [0.5, 0.6) is 5.75 Å². The van der Waals surface area contributed by atoms with Crippen LogP contribution in [0.3, 0.4) is 0 Å². The zero-order chi connectivity index (χ0) is 15.2. The first kappa shape index (κ1) is 16.3. The number of esters is 1. The van der Waals surface area contributed by atoms with E-state index in [9.17, 15) is 18.0 Å². The third-order valence-electron chi connectivity index (χ3n) is 2.31. The summed E-state index contributed by atoms with van der Waals surface area (Å²) in [6.45, 7) is 3.47. The molecule has 0 bridgehead atoms. The third kappa shape index (κ3) is 6.45. The molecule has 0 atom stereocenters. The van der Waals surface area contributed by atoms with Crippen LogP contribution in [-0.2, 0) is 4.74 Å². The lowest BCUT2D eigenvalue weighted by atomic mass is 10.2. The van der Waals surface area contributed by atoms with Crippen LogP contribution in [0.25, 0.3) is 0 Å². The maximum absolute atomic E-state index is 11.9. The van der Waals surface area contributed by atoms with Crippen LogP contribution in [0.1, 0.15) is 37.0 Å². The summed E-state index contributed by atoms with van der Waals surface area (Å²) >= 11 is 0. The highest BCUT2D eigenvalue weighted by molar-refractivity contribution is 5.89. The summed E-state index contributed by atoms with van der Waals surface area (Å²) in [5.41, 5.74) is 0.376. The molecule has 0 aliphatic rings. The molecule has 20 heavy (non-hydrogen) atoms. The average Bonchev–Trinajstić information content (AvgIpc) is 2.33. The minimum absolute atomic E-state index is 0.0186. The number of halogens is 3. The summed E-state index contributed by atoms with van der Waals surface area (Å²) in [6.07, 6.45) is -5.33. The van der Waals surface area contributed by atoms with Gasteiger partial charge in [-0.3, -0.25) is 0 Å². The van der Waals surface area contributed by atoms with Gasteiger partial charge in [-0.1, -0.05) is 0 Å². The van der Waals surface area contributed by atoms with Crippen molar-refractivity contribution in [2.24, 2.45) is 0 Å². The van der Waals surface area contributed by atoms with Crippen molar-refractivity contribution in [3.8, 4) is 5.75 Å². The van der Waals surface area contributed by atoms with Crippen molar-refractivity contribution >= 4 is 5.97 Å². The predicted molar refractivity (Wildman–Crippen MR) is 67.8 cm³/mol. The number of alkyl halides is 3. The number of rotatable bonds is 6. The molecule has 0 aromatic heterocycles. The second-order valence-corrected chi connectivity index (χ2v) is 4.55. The summed E-state index contributed by atoms with van der Waals surface area (Å²) in [5, 5.41) is 0. The maximum Gasteiger partial charge on any atom is 0.389 e. The van der Waals surface area contributed by atoms with Crippen molar-refractivity contribution in [2.45, 2.75) is 39.0 Å². The molecule has 0 spiro atoms. The molecule has 6 heteroatoms. The monoisotopic (exact) mass is 290 g/mol. The van der Waals surface area contributed by atoms with Gasteiger partial charge in [0.15, 0.2) is 0 Å². The minimum Gasteiger partial charge on any atom is -0.494 e. The Labute approximate surface area is 115 Å². The van der Waals surface area contributed by atoms with Crippen molar-refractivity contribution in [3.05, 3.63) is 29.8 Å². The van der Waals surface area contributed by atoms with E-state index in [1.807, 2.05) is 0 Å².